The lowest BCUT2D eigenvalue weighted by atomic mass is 10.0. The molecule has 0 atom stereocenters. The maximum absolute atomic E-state index is 11.3. The molecule has 1 aromatic carbocycles. The molecule has 0 spiro atoms. The largest absolute Gasteiger partial charge is 0.469 e. The van der Waals surface area contributed by atoms with Crippen LogP contribution in [-0.4, -0.2) is 18.1 Å². The van der Waals surface area contributed by atoms with Crippen LogP contribution in [0.1, 0.15) is 23.2 Å². The van der Waals surface area contributed by atoms with Crippen molar-refractivity contribution >= 4 is 28.5 Å². The Bertz CT molecular complexity index is 638. The predicted octanol–water partition coefficient (Wildman–Crippen LogP) is 3.61. The summed E-state index contributed by atoms with van der Waals surface area (Å²) < 4.78 is 4.68. The van der Waals surface area contributed by atoms with Gasteiger partial charge >= 0.3 is 5.97 Å². The second-order valence-electron chi connectivity index (χ2n) is 4.64. The van der Waals surface area contributed by atoms with Crippen LogP contribution in [0, 0.1) is 13.8 Å². The Kier molecular flexibility index (Phi) is 4.05. The van der Waals surface area contributed by atoms with Crippen LogP contribution in [0.4, 0.5) is 0 Å². The van der Waals surface area contributed by atoms with Gasteiger partial charge in [0.2, 0.25) is 0 Å². The zero-order valence-electron chi connectivity index (χ0n) is 11.3. The molecule has 0 bridgehead atoms. The first-order valence-corrected chi connectivity index (χ1v) is 6.52. The number of hydrogen-bond donors (Lipinski definition) is 0. The van der Waals surface area contributed by atoms with Crippen molar-refractivity contribution in [1.82, 2.24) is 4.98 Å². The van der Waals surface area contributed by atoms with E-state index >= 15 is 0 Å². The Morgan fingerprint density at radius 1 is 1.32 bits per heavy atom. The van der Waals surface area contributed by atoms with Crippen LogP contribution in [0.2, 0.25) is 5.02 Å². The lowest BCUT2D eigenvalue weighted by molar-refractivity contribution is -0.140. The minimum atomic E-state index is -0.214. The fourth-order valence-electron chi connectivity index (χ4n) is 2.17. The molecular formula is C15H16ClNO2. The molecule has 2 aromatic rings. The zero-order chi connectivity index (χ0) is 14.0. The number of fused-ring (bicyclic) bond motifs is 1. The molecule has 0 N–H and O–H groups in total. The van der Waals surface area contributed by atoms with E-state index in [0.717, 1.165) is 27.7 Å². The summed E-state index contributed by atoms with van der Waals surface area (Å²) in [6.45, 7) is 3.92. The number of carbonyl (C=O) groups excluding carboxylic acids is 1. The quantitative estimate of drug-likeness (QED) is 0.805. The minimum Gasteiger partial charge on any atom is -0.469 e. The van der Waals surface area contributed by atoms with E-state index in [9.17, 15) is 4.79 Å². The summed E-state index contributed by atoms with van der Waals surface area (Å²) in [4.78, 5) is 15.8. The van der Waals surface area contributed by atoms with Crippen molar-refractivity contribution in [2.24, 2.45) is 0 Å². The third kappa shape index (κ3) is 3.04. The number of aryl methyl sites for hydroxylation is 3. The molecule has 0 aliphatic rings. The van der Waals surface area contributed by atoms with Crippen LogP contribution in [-0.2, 0) is 16.0 Å². The molecule has 0 aliphatic carbocycles. The number of benzene rings is 1. The average molecular weight is 278 g/mol. The molecule has 100 valence electrons. The molecule has 0 radical (unpaired) electrons. The number of esters is 1. The molecule has 0 saturated carbocycles. The maximum Gasteiger partial charge on any atom is 0.305 e. The summed E-state index contributed by atoms with van der Waals surface area (Å²) in [6.07, 6.45) is 0.958. The second-order valence-corrected chi connectivity index (χ2v) is 5.05. The van der Waals surface area contributed by atoms with Crippen molar-refractivity contribution in [2.45, 2.75) is 26.7 Å². The van der Waals surface area contributed by atoms with E-state index in [1.165, 1.54) is 7.11 Å². The molecule has 1 heterocycles. The molecular weight excluding hydrogens is 262 g/mol. The van der Waals surface area contributed by atoms with Gasteiger partial charge in [-0.15, -0.1) is 0 Å². The van der Waals surface area contributed by atoms with Crippen molar-refractivity contribution < 1.29 is 9.53 Å². The van der Waals surface area contributed by atoms with Gasteiger partial charge in [0.25, 0.3) is 0 Å². The van der Waals surface area contributed by atoms with Gasteiger partial charge in [-0.25, -0.2) is 0 Å². The van der Waals surface area contributed by atoms with Crippen molar-refractivity contribution in [3.05, 3.63) is 40.0 Å². The van der Waals surface area contributed by atoms with Gasteiger partial charge in [-0.1, -0.05) is 23.2 Å². The maximum atomic E-state index is 11.3. The fourth-order valence-corrected chi connectivity index (χ4v) is 2.47. The van der Waals surface area contributed by atoms with E-state index in [1.54, 1.807) is 0 Å². The van der Waals surface area contributed by atoms with E-state index in [2.05, 4.69) is 9.72 Å². The molecule has 0 saturated heterocycles. The molecule has 0 amide bonds. The first-order valence-electron chi connectivity index (χ1n) is 6.14. The van der Waals surface area contributed by atoms with Crippen LogP contribution < -0.4 is 0 Å². The lowest BCUT2D eigenvalue weighted by Crippen LogP contribution is -2.03. The Morgan fingerprint density at radius 2 is 2.05 bits per heavy atom. The molecule has 0 aliphatic heterocycles. The van der Waals surface area contributed by atoms with Crippen LogP contribution in [0.25, 0.3) is 10.9 Å². The van der Waals surface area contributed by atoms with Crippen molar-refractivity contribution in [3.63, 3.8) is 0 Å². The highest BCUT2D eigenvalue weighted by Crippen LogP contribution is 2.27. The third-order valence-electron chi connectivity index (χ3n) is 3.04. The van der Waals surface area contributed by atoms with Gasteiger partial charge in [0.1, 0.15) is 0 Å². The van der Waals surface area contributed by atoms with Crippen molar-refractivity contribution in [3.8, 4) is 0 Å². The molecule has 4 heteroatoms. The highest BCUT2D eigenvalue weighted by molar-refractivity contribution is 6.35. The third-order valence-corrected chi connectivity index (χ3v) is 3.35. The number of carbonyl (C=O) groups is 1. The molecule has 0 fully saturated rings. The molecule has 1 aromatic heterocycles. The van der Waals surface area contributed by atoms with Gasteiger partial charge in [0.05, 0.1) is 17.6 Å². The number of aromatic nitrogens is 1. The highest BCUT2D eigenvalue weighted by Gasteiger charge is 2.10. The van der Waals surface area contributed by atoms with Gasteiger partial charge in [0, 0.05) is 17.5 Å². The van der Waals surface area contributed by atoms with Crippen molar-refractivity contribution in [2.75, 3.05) is 7.11 Å². The number of hydrogen-bond acceptors (Lipinski definition) is 3. The number of methoxy groups -OCH3 is 1. The van der Waals surface area contributed by atoms with Crippen LogP contribution in [0.15, 0.2) is 18.2 Å². The summed E-state index contributed by atoms with van der Waals surface area (Å²) in [5.41, 5.74) is 3.89. The number of rotatable bonds is 3. The summed E-state index contributed by atoms with van der Waals surface area (Å²) in [5, 5.41) is 1.64. The van der Waals surface area contributed by atoms with E-state index in [1.807, 2.05) is 32.0 Å². The monoisotopic (exact) mass is 277 g/mol. The van der Waals surface area contributed by atoms with Gasteiger partial charge in [-0.05, 0) is 38.0 Å². The van der Waals surface area contributed by atoms with Crippen molar-refractivity contribution in [1.29, 1.82) is 0 Å². The second kappa shape index (κ2) is 5.57. The SMILES string of the molecule is COC(=O)CCc1cc(C)cc2c(Cl)cc(C)nc12. The van der Waals surface area contributed by atoms with Gasteiger partial charge in [-0.2, -0.15) is 0 Å². The van der Waals surface area contributed by atoms with Gasteiger partial charge in [-0.3, -0.25) is 9.78 Å². The average Bonchev–Trinajstić information content (AvgIpc) is 2.36. The molecule has 2 rings (SSSR count). The topological polar surface area (TPSA) is 39.2 Å². The number of nitrogens with zero attached hydrogens (tertiary/aromatic N) is 1. The van der Waals surface area contributed by atoms with E-state index < -0.39 is 0 Å². The normalized spacial score (nSPS) is 10.7. The fraction of sp³-hybridized carbons (Fsp3) is 0.333. The molecule has 3 nitrogen and oxygen atoms in total. The standard InChI is InChI=1S/C15H16ClNO2/c1-9-6-11(4-5-14(18)19-3)15-12(7-9)13(16)8-10(2)17-15/h6-8H,4-5H2,1-3H3. The van der Waals surface area contributed by atoms with Gasteiger partial charge < -0.3 is 4.74 Å². The number of ether oxygens (including phenoxy) is 1. The number of halogens is 1. The smallest absolute Gasteiger partial charge is 0.305 e. The summed E-state index contributed by atoms with van der Waals surface area (Å²) in [5.74, 6) is -0.214. The van der Waals surface area contributed by atoms with Crippen LogP contribution >= 0.6 is 11.6 Å². The Morgan fingerprint density at radius 3 is 2.74 bits per heavy atom. The summed E-state index contributed by atoms with van der Waals surface area (Å²) >= 11 is 6.26. The number of pyridine rings is 1. The first-order chi connectivity index (χ1) is 9.01. The zero-order valence-corrected chi connectivity index (χ0v) is 12.0. The Labute approximate surface area is 117 Å². The minimum absolute atomic E-state index is 0.214. The van der Waals surface area contributed by atoms with E-state index in [4.69, 9.17) is 11.6 Å². The Hall–Kier alpha value is -1.61. The van der Waals surface area contributed by atoms with Gasteiger partial charge in [0.15, 0.2) is 0 Å². The Balaban J connectivity index is 2.50. The highest BCUT2D eigenvalue weighted by atomic mass is 35.5. The summed E-state index contributed by atoms with van der Waals surface area (Å²) in [7, 11) is 1.40. The molecule has 0 unspecified atom stereocenters. The first kappa shape index (κ1) is 13.8. The van der Waals surface area contributed by atoms with Crippen LogP contribution in [0.3, 0.4) is 0 Å². The van der Waals surface area contributed by atoms with E-state index in [-0.39, 0.29) is 5.97 Å². The molecule has 19 heavy (non-hydrogen) atoms. The summed E-state index contributed by atoms with van der Waals surface area (Å²) in [6, 6.07) is 5.92. The van der Waals surface area contributed by atoms with E-state index in [0.29, 0.717) is 17.9 Å². The van der Waals surface area contributed by atoms with Crippen LogP contribution in [0.5, 0.6) is 0 Å². The lowest BCUT2D eigenvalue weighted by Gasteiger charge is -2.09. The predicted molar refractivity (Wildman–Crippen MR) is 76.6 cm³/mol.